The highest BCUT2D eigenvalue weighted by atomic mass is 35.5. The van der Waals surface area contributed by atoms with Crippen molar-refractivity contribution in [2.75, 3.05) is 0 Å². The minimum Gasteiger partial charge on any atom is -0.207 e. The molecular formula is C20H26ClNO2SSi. The second-order valence-electron chi connectivity index (χ2n) is 8.37. The Balaban J connectivity index is 2.10. The zero-order valence-corrected chi connectivity index (χ0v) is 18.7. The number of benzene rings is 2. The standard InChI is InChI=1S/C20H26ClNO2SSi/c1-13-11-14(2)19(15(3)12-13)25(23,24)22-18(20(22)26(4,5)6)16-7-9-17(21)10-8-16/h7-12,18,20H,1-6H3/t18-,20+,22?/m0/s1. The van der Waals surface area contributed by atoms with E-state index in [9.17, 15) is 8.42 Å². The van der Waals surface area contributed by atoms with E-state index < -0.39 is 18.1 Å². The molecular weight excluding hydrogens is 382 g/mol. The molecule has 0 radical (unpaired) electrons. The van der Waals surface area contributed by atoms with Gasteiger partial charge in [0.1, 0.15) is 0 Å². The molecule has 1 unspecified atom stereocenters. The van der Waals surface area contributed by atoms with Crippen LogP contribution < -0.4 is 0 Å². The fourth-order valence-electron chi connectivity index (χ4n) is 4.03. The van der Waals surface area contributed by atoms with Gasteiger partial charge in [0, 0.05) is 10.7 Å². The maximum atomic E-state index is 13.6. The van der Waals surface area contributed by atoms with Gasteiger partial charge in [-0.05, 0) is 49.6 Å². The molecule has 1 fully saturated rings. The summed E-state index contributed by atoms with van der Waals surface area (Å²) in [7, 11) is -5.27. The van der Waals surface area contributed by atoms with Crippen LogP contribution in [-0.2, 0) is 10.0 Å². The van der Waals surface area contributed by atoms with Gasteiger partial charge < -0.3 is 0 Å². The van der Waals surface area contributed by atoms with Gasteiger partial charge in [-0.3, -0.25) is 0 Å². The highest BCUT2D eigenvalue weighted by Gasteiger charge is 2.61. The first kappa shape index (κ1) is 19.6. The van der Waals surface area contributed by atoms with Gasteiger partial charge in [0.05, 0.1) is 19.0 Å². The predicted octanol–water partition coefficient (Wildman–Crippen LogP) is 5.26. The summed E-state index contributed by atoms with van der Waals surface area (Å²) in [4.78, 5) is 0.461. The Kier molecular flexibility index (Phi) is 4.89. The van der Waals surface area contributed by atoms with E-state index in [4.69, 9.17) is 11.6 Å². The van der Waals surface area contributed by atoms with Crippen LogP contribution in [0.2, 0.25) is 24.7 Å². The third kappa shape index (κ3) is 3.38. The van der Waals surface area contributed by atoms with Gasteiger partial charge >= 0.3 is 0 Å². The molecule has 0 bridgehead atoms. The molecule has 1 aliphatic rings. The summed E-state index contributed by atoms with van der Waals surface area (Å²) in [6.07, 6.45) is 0. The third-order valence-electron chi connectivity index (χ3n) is 5.00. The average molecular weight is 408 g/mol. The van der Waals surface area contributed by atoms with Crippen molar-refractivity contribution >= 4 is 29.7 Å². The summed E-state index contributed by atoms with van der Waals surface area (Å²) < 4.78 is 28.9. The van der Waals surface area contributed by atoms with Crippen LogP contribution in [-0.4, -0.2) is 26.5 Å². The van der Waals surface area contributed by atoms with E-state index >= 15 is 0 Å². The van der Waals surface area contributed by atoms with Crippen molar-refractivity contribution in [3.05, 3.63) is 63.7 Å². The average Bonchev–Trinajstić information content (AvgIpc) is 3.23. The highest BCUT2D eigenvalue weighted by molar-refractivity contribution is 7.89. The lowest BCUT2D eigenvalue weighted by Crippen LogP contribution is -2.33. The number of hydrogen-bond donors (Lipinski definition) is 0. The predicted molar refractivity (Wildman–Crippen MR) is 111 cm³/mol. The van der Waals surface area contributed by atoms with Gasteiger partial charge in [-0.15, -0.1) is 0 Å². The Hall–Kier alpha value is -1.14. The molecule has 0 amide bonds. The SMILES string of the molecule is Cc1cc(C)c(S(=O)(=O)N2[C@H]([Si](C)(C)C)[C@@H]2c2ccc(Cl)cc2)c(C)c1. The monoisotopic (exact) mass is 407 g/mol. The summed E-state index contributed by atoms with van der Waals surface area (Å²) >= 11 is 6.02. The van der Waals surface area contributed by atoms with Crippen molar-refractivity contribution < 1.29 is 8.42 Å². The Morgan fingerprint density at radius 2 is 1.46 bits per heavy atom. The van der Waals surface area contributed by atoms with Gasteiger partial charge in [0.15, 0.2) is 0 Å². The van der Waals surface area contributed by atoms with Gasteiger partial charge in [-0.2, -0.15) is 4.31 Å². The van der Waals surface area contributed by atoms with Crippen molar-refractivity contribution in [3.8, 4) is 0 Å². The van der Waals surface area contributed by atoms with E-state index in [0.29, 0.717) is 9.92 Å². The molecule has 0 N–H and O–H groups in total. The molecule has 1 saturated heterocycles. The fourth-order valence-corrected chi connectivity index (χ4v) is 9.81. The second-order valence-corrected chi connectivity index (χ2v) is 15.9. The van der Waals surface area contributed by atoms with Crippen LogP contribution >= 0.6 is 11.6 Å². The lowest BCUT2D eigenvalue weighted by atomic mass is 10.1. The van der Waals surface area contributed by atoms with E-state index in [0.717, 1.165) is 22.3 Å². The van der Waals surface area contributed by atoms with Crippen LogP contribution in [0, 0.1) is 20.8 Å². The van der Waals surface area contributed by atoms with Crippen molar-refractivity contribution in [2.24, 2.45) is 0 Å². The summed E-state index contributed by atoms with van der Waals surface area (Å²) in [6.45, 7) is 12.4. The Morgan fingerprint density at radius 1 is 0.962 bits per heavy atom. The van der Waals surface area contributed by atoms with E-state index in [1.54, 1.807) is 4.31 Å². The second kappa shape index (κ2) is 6.48. The maximum Gasteiger partial charge on any atom is 0.244 e. The number of hydrogen-bond acceptors (Lipinski definition) is 2. The first-order valence-electron chi connectivity index (χ1n) is 8.81. The normalized spacial score (nSPS) is 23.1. The van der Waals surface area contributed by atoms with Gasteiger partial charge in [-0.25, -0.2) is 8.42 Å². The lowest BCUT2D eigenvalue weighted by Gasteiger charge is -2.17. The van der Waals surface area contributed by atoms with Gasteiger partial charge in [-0.1, -0.05) is 61.1 Å². The van der Waals surface area contributed by atoms with Crippen LogP contribution in [0.15, 0.2) is 41.3 Å². The third-order valence-corrected chi connectivity index (χ3v) is 9.97. The Morgan fingerprint density at radius 3 is 1.92 bits per heavy atom. The first-order valence-corrected chi connectivity index (χ1v) is 14.2. The van der Waals surface area contributed by atoms with E-state index in [2.05, 4.69) is 19.6 Å². The van der Waals surface area contributed by atoms with E-state index in [1.807, 2.05) is 57.2 Å². The molecule has 2 aromatic rings. The van der Waals surface area contributed by atoms with Crippen LogP contribution in [0.5, 0.6) is 0 Å². The van der Waals surface area contributed by atoms with Crippen molar-refractivity contribution in [1.29, 1.82) is 0 Å². The summed E-state index contributed by atoms with van der Waals surface area (Å²) in [6, 6.07) is 11.4. The minimum atomic E-state index is -3.55. The molecule has 2 aromatic carbocycles. The van der Waals surface area contributed by atoms with Crippen molar-refractivity contribution in [3.63, 3.8) is 0 Å². The summed E-state index contributed by atoms with van der Waals surface area (Å²) in [5.41, 5.74) is 3.81. The smallest absolute Gasteiger partial charge is 0.207 e. The largest absolute Gasteiger partial charge is 0.244 e. The molecule has 3 nitrogen and oxygen atoms in total. The molecule has 6 heteroatoms. The molecule has 1 aliphatic heterocycles. The van der Waals surface area contributed by atoms with Crippen LogP contribution in [0.1, 0.15) is 28.3 Å². The number of sulfonamides is 1. The Bertz CT molecular complexity index is 926. The van der Waals surface area contributed by atoms with Crippen LogP contribution in [0.3, 0.4) is 0 Å². The molecule has 1 heterocycles. The first-order chi connectivity index (χ1) is 11.9. The molecule has 0 aliphatic carbocycles. The zero-order chi connectivity index (χ0) is 19.4. The summed E-state index contributed by atoms with van der Waals surface area (Å²) in [5, 5.41) is 0.665. The number of halogens is 1. The summed E-state index contributed by atoms with van der Waals surface area (Å²) in [5.74, 6) is 0. The quantitative estimate of drug-likeness (QED) is 0.512. The molecule has 0 saturated carbocycles. The molecule has 140 valence electrons. The molecule has 3 rings (SSSR count). The number of rotatable bonds is 4. The van der Waals surface area contributed by atoms with Crippen LogP contribution in [0.25, 0.3) is 0 Å². The van der Waals surface area contributed by atoms with Crippen molar-refractivity contribution in [2.45, 2.75) is 57.0 Å². The number of nitrogens with zero attached hydrogens (tertiary/aromatic N) is 1. The topological polar surface area (TPSA) is 37.1 Å². The number of aryl methyl sites for hydroxylation is 3. The molecule has 0 spiro atoms. The van der Waals surface area contributed by atoms with Crippen molar-refractivity contribution in [1.82, 2.24) is 4.31 Å². The Labute approximate surface area is 163 Å². The van der Waals surface area contributed by atoms with Gasteiger partial charge in [0.25, 0.3) is 0 Å². The van der Waals surface area contributed by atoms with E-state index in [-0.39, 0.29) is 11.7 Å². The lowest BCUT2D eigenvalue weighted by molar-refractivity contribution is 0.550. The maximum absolute atomic E-state index is 13.6. The minimum absolute atomic E-state index is 0.0637. The molecule has 3 atom stereocenters. The highest BCUT2D eigenvalue weighted by Crippen LogP contribution is 2.52. The van der Waals surface area contributed by atoms with Crippen LogP contribution in [0.4, 0.5) is 0 Å². The van der Waals surface area contributed by atoms with Gasteiger partial charge in [0.2, 0.25) is 10.0 Å². The van der Waals surface area contributed by atoms with E-state index in [1.165, 1.54) is 0 Å². The fraction of sp³-hybridized carbons (Fsp3) is 0.400. The molecule has 0 aromatic heterocycles. The molecule has 26 heavy (non-hydrogen) atoms. The zero-order valence-electron chi connectivity index (χ0n) is 16.2.